The van der Waals surface area contributed by atoms with Crippen LogP contribution in [0.4, 0.5) is 33.5 Å². The third-order valence-corrected chi connectivity index (χ3v) is 6.04. The van der Waals surface area contributed by atoms with Gasteiger partial charge in [0.1, 0.15) is 23.6 Å². The van der Waals surface area contributed by atoms with Crippen LogP contribution < -0.4 is 9.80 Å². The van der Waals surface area contributed by atoms with Gasteiger partial charge in [0.25, 0.3) is 6.43 Å². The van der Waals surface area contributed by atoms with E-state index < -0.39 is 24.8 Å². The number of halogens is 5. The maximum atomic E-state index is 13.0. The van der Waals surface area contributed by atoms with Crippen LogP contribution in [0.5, 0.6) is 0 Å². The van der Waals surface area contributed by atoms with Gasteiger partial charge in [0, 0.05) is 37.9 Å². The van der Waals surface area contributed by atoms with E-state index in [-0.39, 0.29) is 42.0 Å². The lowest BCUT2D eigenvalue weighted by atomic mass is 9.88. The number of hydrogen-bond donors (Lipinski definition) is 0. The Bertz CT molecular complexity index is 1200. The molecule has 8 nitrogen and oxygen atoms in total. The molecule has 3 aromatic rings. The minimum absolute atomic E-state index is 0.00106. The lowest BCUT2D eigenvalue weighted by Gasteiger charge is -2.34. The number of aromatic nitrogens is 5. The Hall–Kier alpha value is -3.38. The molecule has 0 saturated carbocycles. The fraction of sp³-hybridized carbons (Fsp3) is 0.450. The van der Waals surface area contributed by atoms with Gasteiger partial charge < -0.3 is 9.80 Å². The summed E-state index contributed by atoms with van der Waals surface area (Å²) in [6.45, 7) is 0.689. The van der Waals surface area contributed by atoms with Crippen LogP contribution in [0.3, 0.4) is 0 Å². The Kier molecular flexibility index (Phi) is 5.13. The summed E-state index contributed by atoms with van der Waals surface area (Å²) < 4.78 is 65.8. The highest BCUT2D eigenvalue weighted by atomic mass is 19.4. The molecule has 5 heterocycles. The molecule has 2 aliphatic heterocycles. The van der Waals surface area contributed by atoms with Crippen LogP contribution in [0.1, 0.15) is 12.1 Å². The summed E-state index contributed by atoms with van der Waals surface area (Å²) >= 11 is 0. The number of alkyl halides is 5. The molecule has 3 aromatic heterocycles. The highest BCUT2D eigenvalue weighted by molar-refractivity contribution is 5.94. The number of fused-ring (bicyclic) bond motifs is 2. The van der Waals surface area contributed by atoms with Gasteiger partial charge in [-0.15, -0.1) is 0 Å². The van der Waals surface area contributed by atoms with Gasteiger partial charge in [0.05, 0.1) is 12.4 Å². The van der Waals surface area contributed by atoms with E-state index in [1.807, 2.05) is 4.90 Å². The van der Waals surface area contributed by atoms with Gasteiger partial charge in [-0.1, -0.05) is 0 Å². The standard InChI is InChI=1S/C20H18F5N7O/c21-16(22)10-32-19-14(5-28-32)27-6-17(29-19)30-7-11-3-18(33)31(9-12(11)8-30)13-1-2-26-15(4-13)20(23,24)25/h1-2,4-6,11-12,16H,3,7-10H2. The molecule has 0 N–H and O–H groups in total. The van der Waals surface area contributed by atoms with Gasteiger partial charge >= 0.3 is 6.18 Å². The molecule has 0 bridgehead atoms. The van der Waals surface area contributed by atoms with E-state index >= 15 is 0 Å². The van der Waals surface area contributed by atoms with Crippen molar-refractivity contribution in [3.8, 4) is 0 Å². The largest absolute Gasteiger partial charge is 0.433 e. The van der Waals surface area contributed by atoms with Crippen molar-refractivity contribution in [3.63, 3.8) is 0 Å². The first-order valence-electron chi connectivity index (χ1n) is 10.2. The molecule has 174 valence electrons. The fourth-order valence-electron chi connectivity index (χ4n) is 4.48. The van der Waals surface area contributed by atoms with Gasteiger partial charge in [0.2, 0.25) is 5.91 Å². The highest BCUT2D eigenvalue weighted by Crippen LogP contribution is 2.37. The second kappa shape index (κ2) is 7.89. The van der Waals surface area contributed by atoms with Crippen molar-refractivity contribution in [3.05, 3.63) is 36.4 Å². The Balaban J connectivity index is 1.36. The number of carbonyl (C=O) groups excluding carboxylic acids is 1. The third kappa shape index (κ3) is 4.07. The van der Waals surface area contributed by atoms with E-state index in [0.717, 1.165) is 16.9 Å². The number of carbonyl (C=O) groups is 1. The van der Waals surface area contributed by atoms with Crippen LogP contribution in [0.25, 0.3) is 11.2 Å². The van der Waals surface area contributed by atoms with Gasteiger partial charge in [0.15, 0.2) is 5.65 Å². The maximum absolute atomic E-state index is 13.0. The number of piperidine rings is 1. The van der Waals surface area contributed by atoms with Crippen LogP contribution in [-0.4, -0.2) is 56.7 Å². The average molecular weight is 467 g/mol. The first-order chi connectivity index (χ1) is 15.7. The van der Waals surface area contributed by atoms with Gasteiger partial charge in [-0.05, 0) is 24.0 Å². The number of anilines is 2. The molecule has 0 radical (unpaired) electrons. The normalized spacial score (nSPS) is 21.3. The summed E-state index contributed by atoms with van der Waals surface area (Å²) in [4.78, 5) is 28.1. The minimum Gasteiger partial charge on any atom is -0.355 e. The predicted molar refractivity (Wildman–Crippen MR) is 107 cm³/mol. The summed E-state index contributed by atoms with van der Waals surface area (Å²) in [6, 6.07) is 2.28. The Labute approximate surface area is 184 Å². The summed E-state index contributed by atoms with van der Waals surface area (Å²) in [5.74, 6) is 0.235. The van der Waals surface area contributed by atoms with Gasteiger partial charge in [-0.2, -0.15) is 18.3 Å². The maximum Gasteiger partial charge on any atom is 0.433 e. The van der Waals surface area contributed by atoms with E-state index in [2.05, 4.69) is 20.1 Å². The van der Waals surface area contributed by atoms with Crippen LogP contribution in [0, 0.1) is 11.8 Å². The molecular formula is C20H18F5N7O. The number of rotatable bonds is 4. The van der Waals surface area contributed by atoms with Gasteiger partial charge in [-0.25, -0.2) is 23.4 Å². The lowest BCUT2D eigenvalue weighted by molar-refractivity contribution is -0.141. The fourth-order valence-corrected chi connectivity index (χ4v) is 4.48. The zero-order chi connectivity index (χ0) is 23.3. The first kappa shape index (κ1) is 21.5. The molecule has 33 heavy (non-hydrogen) atoms. The number of hydrogen-bond acceptors (Lipinski definition) is 6. The van der Waals surface area contributed by atoms with Crippen LogP contribution in [-0.2, 0) is 17.5 Å². The van der Waals surface area contributed by atoms with Crippen molar-refractivity contribution in [1.82, 2.24) is 24.7 Å². The molecule has 2 fully saturated rings. The minimum atomic E-state index is -4.60. The molecule has 0 aliphatic carbocycles. The first-order valence-corrected chi connectivity index (χ1v) is 10.2. The van der Waals surface area contributed by atoms with Crippen LogP contribution in [0.15, 0.2) is 30.7 Å². The summed E-state index contributed by atoms with van der Waals surface area (Å²) in [6.07, 6.45) is -3.05. The van der Waals surface area contributed by atoms with E-state index in [1.165, 1.54) is 23.4 Å². The van der Waals surface area contributed by atoms with Gasteiger partial charge in [-0.3, -0.25) is 9.78 Å². The quantitative estimate of drug-likeness (QED) is 0.549. The molecular weight excluding hydrogens is 449 g/mol. The van der Waals surface area contributed by atoms with Crippen molar-refractivity contribution >= 4 is 28.6 Å². The topological polar surface area (TPSA) is 80.0 Å². The van der Waals surface area contributed by atoms with E-state index in [0.29, 0.717) is 24.4 Å². The highest BCUT2D eigenvalue weighted by Gasteiger charge is 2.42. The molecule has 0 aromatic carbocycles. The smallest absolute Gasteiger partial charge is 0.355 e. The second-order valence-corrected chi connectivity index (χ2v) is 8.19. The number of nitrogens with zero attached hydrogens (tertiary/aromatic N) is 7. The van der Waals surface area contributed by atoms with Crippen molar-refractivity contribution in [2.24, 2.45) is 11.8 Å². The predicted octanol–water partition coefficient (Wildman–Crippen LogP) is 2.99. The molecule has 2 unspecified atom stereocenters. The summed E-state index contributed by atoms with van der Waals surface area (Å²) in [5, 5.41) is 3.91. The van der Waals surface area contributed by atoms with Crippen LogP contribution in [0.2, 0.25) is 0 Å². The number of pyridine rings is 1. The molecule has 2 atom stereocenters. The number of amides is 1. The Morgan fingerprint density at radius 1 is 1.09 bits per heavy atom. The third-order valence-electron chi connectivity index (χ3n) is 6.04. The Morgan fingerprint density at radius 3 is 2.64 bits per heavy atom. The van der Waals surface area contributed by atoms with Crippen molar-refractivity contribution in [2.75, 3.05) is 29.4 Å². The monoisotopic (exact) mass is 467 g/mol. The zero-order valence-corrected chi connectivity index (χ0v) is 17.1. The average Bonchev–Trinajstić information content (AvgIpc) is 3.35. The van der Waals surface area contributed by atoms with Crippen LogP contribution >= 0.6 is 0 Å². The van der Waals surface area contributed by atoms with Crippen molar-refractivity contribution < 1.29 is 26.7 Å². The summed E-state index contributed by atoms with van der Waals surface area (Å²) in [5.41, 5.74) is -0.240. The molecule has 0 spiro atoms. The second-order valence-electron chi connectivity index (χ2n) is 8.19. The van der Waals surface area contributed by atoms with Crippen molar-refractivity contribution in [1.29, 1.82) is 0 Å². The van der Waals surface area contributed by atoms with Crippen molar-refractivity contribution in [2.45, 2.75) is 25.6 Å². The molecule has 2 aliphatic rings. The molecule has 1 amide bonds. The molecule has 13 heteroatoms. The molecule has 5 rings (SSSR count). The van der Waals surface area contributed by atoms with E-state index in [9.17, 15) is 26.7 Å². The van der Waals surface area contributed by atoms with E-state index in [1.54, 1.807) is 0 Å². The Morgan fingerprint density at radius 2 is 1.88 bits per heavy atom. The van der Waals surface area contributed by atoms with E-state index in [4.69, 9.17) is 0 Å². The zero-order valence-electron chi connectivity index (χ0n) is 17.1. The molecule has 2 saturated heterocycles. The lowest BCUT2D eigenvalue weighted by Crippen LogP contribution is -2.44. The summed E-state index contributed by atoms with van der Waals surface area (Å²) in [7, 11) is 0. The SMILES string of the molecule is O=C1CC2CN(c3cnc4cnn(CC(F)F)c4n3)CC2CN1c1ccnc(C(F)(F)F)c1.